The highest BCUT2D eigenvalue weighted by Crippen LogP contribution is 2.40. The summed E-state index contributed by atoms with van der Waals surface area (Å²) in [7, 11) is 0. The number of amides is 1. The van der Waals surface area contributed by atoms with Crippen LogP contribution in [0.3, 0.4) is 0 Å². The lowest BCUT2D eigenvalue weighted by atomic mass is 9.88. The molecule has 1 aliphatic rings. The molecule has 170 valence electrons. The van der Waals surface area contributed by atoms with E-state index in [9.17, 15) is 9.59 Å². The van der Waals surface area contributed by atoms with Crippen molar-refractivity contribution in [2.24, 2.45) is 0 Å². The van der Waals surface area contributed by atoms with E-state index < -0.39 is 11.5 Å². The molecule has 0 saturated heterocycles. The highest BCUT2D eigenvalue weighted by atomic mass is 16.5. The lowest BCUT2D eigenvalue weighted by Crippen LogP contribution is -2.48. The van der Waals surface area contributed by atoms with Crippen molar-refractivity contribution in [2.45, 2.75) is 26.3 Å². The molecule has 0 bridgehead atoms. The molecule has 0 N–H and O–H groups in total. The summed E-state index contributed by atoms with van der Waals surface area (Å²) in [6.45, 7) is 6.02. The fraction of sp³-hybridized carbons (Fsp3) is 0.133. The maximum absolute atomic E-state index is 13.3. The van der Waals surface area contributed by atoms with E-state index in [0.29, 0.717) is 5.75 Å². The molecule has 34 heavy (non-hydrogen) atoms. The van der Waals surface area contributed by atoms with Crippen molar-refractivity contribution in [2.75, 3.05) is 4.90 Å². The van der Waals surface area contributed by atoms with E-state index in [1.54, 1.807) is 23.1 Å². The highest BCUT2D eigenvalue weighted by molar-refractivity contribution is 6.08. The lowest BCUT2D eigenvalue weighted by molar-refractivity contribution is -0.128. The maximum atomic E-state index is 13.3. The number of fused-ring (bicyclic) bond motifs is 1. The van der Waals surface area contributed by atoms with Crippen LogP contribution in [0.5, 0.6) is 5.75 Å². The van der Waals surface area contributed by atoms with Crippen molar-refractivity contribution >= 4 is 35.3 Å². The number of hydrogen-bond acceptors (Lipinski definition) is 3. The Morgan fingerprint density at radius 3 is 2.03 bits per heavy atom. The molecule has 0 fully saturated rings. The molecule has 0 radical (unpaired) electrons. The second-order valence-corrected chi connectivity index (χ2v) is 8.74. The van der Waals surface area contributed by atoms with Crippen molar-refractivity contribution in [3.8, 4) is 5.75 Å². The van der Waals surface area contributed by atoms with Crippen LogP contribution in [0, 0.1) is 0 Å². The molecule has 0 spiro atoms. The largest absolute Gasteiger partial charge is 0.423 e. The molecule has 3 aromatic rings. The van der Waals surface area contributed by atoms with Gasteiger partial charge in [-0.3, -0.25) is 9.69 Å². The van der Waals surface area contributed by atoms with Gasteiger partial charge >= 0.3 is 5.97 Å². The van der Waals surface area contributed by atoms with E-state index in [0.717, 1.165) is 28.0 Å². The molecule has 4 rings (SSSR count). The Hall–Kier alpha value is -4.18. The second kappa shape index (κ2) is 9.75. The molecule has 0 atom stereocenters. The fourth-order valence-corrected chi connectivity index (χ4v) is 4.16. The lowest BCUT2D eigenvalue weighted by Gasteiger charge is -2.41. The summed E-state index contributed by atoms with van der Waals surface area (Å²) in [6.07, 6.45) is 8.60. The number of hydrogen-bond donors (Lipinski definition) is 0. The predicted octanol–water partition coefficient (Wildman–Crippen LogP) is 6.55. The summed E-state index contributed by atoms with van der Waals surface area (Å²) in [4.78, 5) is 27.4. The van der Waals surface area contributed by atoms with Gasteiger partial charge in [0.2, 0.25) is 0 Å². The van der Waals surface area contributed by atoms with E-state index >= 15 is 0 Å². The maximum Gasteiger partial charge on any atom is 0.336 e. The smallest absolute Gasteiger partial charge is 0.336 e. The Bertz CT molecular complexity index is 1290. The second-order valence-electron chi connectivity index (χ2n) is 8.74. The molecular formula is C30H27NO3. The zero-order valence-electron chi connectivity index (χ0n) is 19.6. The van der Waals surface area contributed by atoms with Gasteiger partial charge in [0.05, 0.1) is 11.2 Å². The molecular weight excluding hydrogens is 422 g/mol. The number of rotatable bonds is 5. The Morgan fingerprint density at radius 1 is 0.824 bits per heavy atom. The molecule has 1 heterocycles. The number of allylic oxidation sites excluding steroid dienone is 1. The summed E-state index contributed by atoms with van der Waals surface area (Å²) in [5, 5.41) is 0. The molecule has 3 aromatic carbocycles. The molecule has 4 nitrogen and oxygen atoms in total. The van der Waals surface area contributed by atoms with E-state index in [1.807, 2.05) is 99.6 Å². The summed E-state index contributed by atoms with van der Waals surface area (Å²) >= 11 is 0. The topological polar surface area (TPSA) is 46.6 Å². The quantitative estimate of drug-likeness (QED) is 0.252. The first-order valence-electron chi connectivity index (χ1n) is 11.2. The van der Waals surface area contributed by atoms with Crippen LogP contribution in [0.15, 0.2) is 97.1 Å². The van der Waals surface area contributed by atoms with Crippen molar-refractivity contribution in [1.82, 2.24) is 0 Å². The van der Waals surface area contributed by atoms with Gasteiger partial charge in [-0.1, -0.05) is 66.7 Å². The van der Waals surface area contributed by atoms with E-state index in [-0.39, 0.29) is 5.91 Å². The van der Waals surface area contributed by atoms with Gasteiger partial charge in [-0.25, -0.2) is 4.79 Å². The van der Waals surface area contributed by atoms with E-state index in [4.69, 9.17) is 4.74 Å². The number of anilines is 1. The van der Waals surface area contributed by atoms with Crippen molar-refractivity contribution < 1.29 is 14.3 Å². The van der Waals surface area contributed by atoms with E-state index in [1.165, 1.54) is 6.08 Å². The van der Waals surface area contributed by atoms with Gasteiger partial charge in [-0.15, -0.1) is 0 Å². The number of carbonyl (C=O) groups excluding carboxylic acids is 2. The molecule has 0 saturated carbocycles. The number of esters is 1. The van der Waals surface area contributed by atoms with Crippen LogP contribution in [0.25, 0.3) is 17.7 Å². The van der Waals surface area contributed by atoms with E-state index in [2.05, 4.69) is 6.08 Å². The minimum Gasteiger partial charge on any atom is -0.423 e. The predicted molar refractivity (Wildman–Crippen MR) is 138 cm³/mol. The van der Waals surface area contributed by atoms with Crippen LogP contribution in [0.1, 0.15) is 37.5 Å². The van der Waals surface area contributed by atoms with Crippen LogP contribution in [-0.4, -0.2) is 17.4 Å². The zero-order chi connectivity index (χ0) is 24.1. The average molecular weight is 450 g/mol. The first-order chi connectivity index (χ1) is 16.3. The standard InChI is InChI=1S/C30H27NO3/c1-22-21-30(2,3)31(28(32)18-14-23-10-6-4-7-11-23)27-17-16-25(20-26(22)27)34-29(33)19-15-24-12-8-5-9-13-24/h4-21H,1-3H3/b18-14+,19-15-. The first kappa shape index (κ1) is 23.0. The van der Waals surface area contributed by atoms with Gasteiger partial charge < -0.3 is 4.74 Å². The van der Waals surface area contributed by atoms with Crippen LogP contribution in [0.2, 0.25) is 0 Å². The summed E-state index contributed by atoms with van der Waals surface area (Å²) in [6, 6.07) is 24.7. The number of nitrogens with zero attached hydrogens (tertiary/aromatic N) is 1. The van der Waals surface area contributed by atoms with Gasteiger partial charge in [0.1, 0.15) is 5.75 Å². The van der Waals surface area contributed by atoms with Crippen molar-refractivity contribution in [3.63, 3.8) is 0 Å². The molecule has 4 heteroatoms. The number of ether oxygens (including phenoxy) is 1. The first-order valence-corrected chi connectivity index (χ1v) is 11.2. The fourth-order valence-electron chi connectivity index (χ4n) is 4.16. The summed E-state index contributed by atoms with van der Waals surface area (Å²) in [5.41, 5.74) is 4.04. The Labute approximate surface area is 200 Å². The molecule has 1 amide bonds. The van der Waals surface area contributed by atoms with Gasteiger partial charge in [-0.05, 0) is 67.8 Å². The van der Waals surface area contributed by atoms with Gasteiger partial charge in [0.25, 0.3) is 5.91 Å². The minimum atomic E-state index is -0.508. The van der Waals surface area contributed by atoms with Gasteiger partial charge in [0, 0.05) is 17.7 Å². The van der Waals surface area contributed by atoms with Gasteiger partial charge in [-0.2, -0.15) is 0 Å². The third-order valence-corrected chi connectivity index (χ3v) is 5.65. The number of benzene rings is 3. The van der Waals surface area contributed by atoms with Gasteiger partial charge in [0.15, 0.2) is 0 Å². The van der Waals surface area contributed by atoms with Crippen molar-refractivity contribution in [3.05, 3.63) is 114 Å². The Balaban J connectivity index is 1.57. The van der Waals surface area contributed by atoms with Crippen LogP contribution >= 0.6 is 0 Å². The summed E-state index contributed by atoms with van der Waals surface area (Å²) < 4.78 is 5.53. The zero-order valence-corrected chi connectivity index (χ0v) is 19.6. The normalized spacial score (nSPS) is 14.7. The molecule has 0 unspecified atom stereocenters. The highest BCUT2D eigenvalue weighted by Gasteiger charge is 2.35. The van der Waals surface area contributed by atoms with Crippen LogP contribution in [0.4, 0.5) is 5.69 Å². The third-order valence-electron chi connectivity index (χ3n) is 5.65. The number of carbonyl (C=O) groups is 2. The van der Waals surface area contributed by atoms with Crippen LogP contribution < -0.4 is 9.64 Å². The SMILES string of the molecule is CC1=CC(C)(C)N(C(=O)/C=C/c2ccccc2)c2ccc(OC(=O)/C=C\c3ccccc3)cc21. The summed E-state index contributed by atoms with van der Waals surface area (Å²) in [5.74, 6) is -0.143. The molecule has 0 aromatic heterocycles. The molecule has 1 aliphatic heterocycles. The minimum absolute atomic E-state index is 0.116. The third kappa shape index (κ3) is 5.24. The Kier molecular flexibility index (Phi) is 6.60. The Morgan fingerprint density at radius 2 is 1.41 bits per heavy atom. The van der Waals surface area contributed by atoms with Crippen LogP contribution in [-0.2, 0) is 9.59 Å². The molecule has 0 aliphatic carbocycles. The average Bonchev–Trinajstić information content (AvgIpc) is 2.82. The van der Waals surface area contributed by atoms with Crippen molar-refractivity contribution in [1.29, 1.82) is 0 Å². The monoisotopic (exact) mass is 449 g/mol.